The van der Waals surface area contributed by atoms with Crippen molar-refractivity contribution in [2.75, 3.05) is 6.54 Å². The Morgan fingerprint density at radius 3 is 2.46 bits per heavy atom. The Morgan fingerprint density at radius 1 is 1.04 bits per heavy atom. The molecule has 0 radical (unpaired) electrons. The summed E-state index contributed by atoms with van der Waals surface area (Å²) >= 11 is 1.12. The van der Waals surface area contributed by atoms with Gasteiger partial charge in [0.25, 0.3) is 0 Å². The highest BCUT2D eigenvalue weighted by Crippen LogP contribution is 2.25. The van der Waals surface area contributed by atoms with Crippen molar-refractivity contribution in [3.63, 3.8) is 0 Å². The molecule has 28 heavy (non-hydrogen) atoms. The molecule has 7 nitrogen and oxygen atoms in total. The molecule has 1 fully saturated rings. The molecular weight excluding hydrogens is 402 g/mol. The normalized spacial score (nSPS) is 28.6. The van der Waals surface area contributed by atoms with E-state index < -0.39 is 40.5 Å². The molecule has 1 aromatic heterocycles. The van der Waals surface area contributed by atoms with Gasteiger partial charge in [0.15, 0.2) is 0 Å². The van der Waals surface area contributed by atoms with Crippen LogP contribution in [0.3, 0.4) is 0 Å². The van der Waals surface area contributed by atoms with E-state index >= 15 is 0 Å². The monoisotopic (exact) mass is 425 g/mol. The van der Waals surface area contributed by atoms with E-state index in [1.807, 2.05) is 42.5 Å². The zero-order valence-electron chi connectivity index (χ0n) is 15.2. The first-order chi connectivity index (χ1) is 13.3. The lowest BCUT2D eigenvalue weighted by Gasteiger charge is -2.39. The van der Waals surface area contributed by atoms with Crippen LogP contribution in [0.4, 0.5) is 0 Å². The van der Waals surface area contributed by atoms with Gasteiger partial charge in [0.05, 0.1) is 6.10 Å². The summed E-state index contributed by atoms with van der Waals surface area (Å²) in [5, 5.41) is 29.5. The minimum Gasteiger partial charge on any atom is -0.388 e. The van der Waals surface area contributed by atoms with Crippen LogP contribution in [-0.2, 0) is 14.8 Å². The molecule has 152 valence electrons. The average Bonchev–Trinajstić information content (AvgIpc) is 3.17. The fourth-order valence-corrected chi connectivity index (χ4v) is 5.20. The van der Waals surface area contributed by atoms with E-state index in [1.165, 1.54) is 6.07 Å². The zero-order valence-corrected chi connectivity index (χ0v) is 16.8. The van der Waals surface area contributed by atoms with Gasteiger partial charge in [-0.1, -0.05) is 36.4 Å². The molecule has 0 spiro atoms. The summed E-state index contributed by atoms with van der Waals surface area (Å²) in [6.07, 6.45) is -1.94. The van der Waals surface area contributed by atoms with Crippen molar-refractivity contribution in [1.82, 2.24) is 4.72 Å². The van der Waals surface area contributed by atoms with E-state index in [-0.39, 0.29) is 10.8 Å². The van der Waals surface area contributed by atoms with Crippen molar-refractivity contribution < 1.29 is 28.5 Å². The minimum absolute atomic E-state index is 0.138. The van der Waals surface area contributed by atoms with Crippen molar-refractivity contribution in [3.05, 3.63) is 52.9 Å². The lowest BCUT2D eigenvalue weighted by Crippen LogP contribution is -2.59. The van der Waals surface area contributed by atoms with Crippen molar-refractivity contribution in [3.8, 4) is 0 Å². The third-order valence-electron chi connectivity index (χ3n) is 4.53. The molecule has 5 atom stereocenters. The summed E-state index contributed by atoms with van der Waals surface area (Å²) in [7, 11) is -3.79. The highest BCUT2D eigenvalue weighted by Gasteiger charge is 2.41. The van der Waals surface area contributed by atoms with Crippen LogP contribution in [0.2, 0.25) is 0 Å². The maximum absolute atomic E-state index is 12.5. The van der Waals surface area contributed by atoms with Crippen molar-refractivity contribution in [2.24, 2.45) is 0 Å². The zero-order chi connectivity index (χ0) is 20.3. The predicted octanol–water partition coefficient (Wildman–Crippen LogP) is 1.07. The van der Waals surface area contributed by atoms with Crippen LogP contribution in [0.1, 0.15) is 17.4 Å². The van der Waals surface area contributed by atoms with E-state index in [0.29, 0.717) is 0 Å². The van der Waals surface area contributed by atoms with Gasteiger partial charge in [0, 0.05) is 11.4 Å². The third-order valence-corrected chi connectivity index (χ3v) is 7.50. The topological polar surface area (TPSA) is 116 Å². The van der Waals surface area contributed by atoms with Crippen LogP contribution in [0.15, 0.2) is 46.7 Å². The second-order valence-corrected chi connectivity index (χ2v) is 9.71. The van der Waals surface area contributed by atoms with Gasteiger partial charge in [-0.2, -0.15) is 0 Å². The first-order valence-electron chi connectivity index (χ1n) is 8.80. The summed E-state index contributed by atoms with van der Waals surface area (Å²) in [5.74, 6) is 0. The van der Waals surface area contributed by atoms with Gasteiger partial charge in [-0.3, -0.25) is 0 Å². The molecule has 3 rings (SSSR count). The van der Waals surface area contributed by atoms with Crippen molar-refractivity contribution in [1.29, 1.82) is 0 Å². The maximum Gasteiger partial charge on any atom is 0.250 e. The van der Waals surface area contributed by atoms with E-state index in [4.69, 9.17) is 4.74 Å². The van der Waals surface area contributed by atoms with Gasteiger partial charge in [-0.25, -0.2) is 13.1 Å². The molecule has 1 aliphatic rings. The lowest BCUT2D eigenvalue weighted by atomic mass is 9.96. The van der Waals surface area contributed by atoms with Gasteiger partial charge in [-0.15, -0.1) is 11.3 Å². The molecule has 0 bridgehead atoms. The first-order valence-corrected chi connectivity index (χ1v) is 11.1. The Balaban J connectivity index is 1.64. The number of benzene rings is 1. The number of hydrogen-bond acceptors (Lipinski definition) is 7. The number of ether oxygens (including phenoxy) is 1. The molecular formula is C19H23NO6S2. The average molecular weight is 426 g/mol. The third kappa shape index (κ3) is 4.87. The van der Waals surface area contributed by atoms with E-state index in [0.717, 1.165) is 21.8 Å². The van der Waals surface area contributed by atoms with Crippen LogP contribution in [-0.4, -0.2) is 60.8 Å². The number of thiophene rings is 1. The summed E-state index contributed by atoms with van der Waals surface area (Å²) in [5.41, 5.74) is 1.01. The molecule has 2 aromatic rings. The number of hydrogen-bond donors (Lipinski definition) is 4. The lowest BCUT2D eigenvalue weighted by molar-refractivity contribution is -0.214. The molecule has 0 unspecified atom stereocenters. The first kappa shape index (κ1) is 21.1. The highest BCUT2D eigenvalue weighted by atomic mass is 32.2. The number of rotatable bonds is 6. The Kier molecular flexibility index (Phi) is 6.66. The summed E-state index contributed by atoms with van der Waals surface area (Å²) in [6.45, 7) is 1.33. The van der Waals surface area contributed by atoms with Crippen LogP contribution < -0.4 is 4.72 Å². The van der Waals surface area contributed by atoms with Gasteiger partial charge in [0.2, 0.25) is 10.0 Å². The molecule has 0 amide bonds. The molecule has 0 aliphatic carbocycles. The minimum atomic E-state index is -3.79. The number of nitrogens with one attached hydrogen (secondary N) is 1. The Hall–Kier alpha value is -1.59. The fraction of sp³-hybridized carbons (Fsp3) is 0.368. The van der Waals surface area contributed by atoms with Crippen LogP contribution >= 0.6 is 11.3 Å². The Bertz CT molecular complexity index is 912. The quantitative estimate of drug-likeness (QED) is 0.550. The second kappa shape index (κ2) is 8.83. The van der Waals surface area contributed by atoms with Crippen LogP contribution in [0.25, 0.3) is 12.2 Å². The smallest absolute Gasteiger partial charge is 0.250 e. The van der Waals surface area contributed by atoms with Gasteiger partial charge in [-0.05, 0) is 30.7 Å². The van der Waals surface area contributed by atoms with Gasteiger partial charge < -0.3 is 20.1 Å². The van der Waals surface area contributed by atoms with E-state index in [9.17, 15) is 23.7 Å². The van der Waals surface area contributed by atoms with Crippen LogP contribution in [0, 0.1) is 0 Å². The molecule has 0 saturated carbocycles. The SMILES string of the molecule is C[C@@H]1O[C@H](CNS(=O)(=O)c2ccc(/C=C\c3ccccc3)s2)[C@@H](O)[C@H](O)[C@@H]1O. The molecule has 1 aliphatic heterocycles. The van der Waals surface area contributed by atoms with Gasteiger partial charge >= 0.3 is 0 Å². The van der Waals surface area contributed by atoms with Crippen LogP contribution in [0.5, 0.6) is 0 Å². The van der Waals surface area contributed by atoms with Crippen molar-refractivity contribution in [2.45, 2.75) is 41.7 Å². The number of aliphatic hydroxyl groups is 3. The van der Waals surface area contributed by atoms with Crippen molar-refractivity contribution >= 4 is 33.5 Å². The highest BCUT2D eigenvalue weighted by molar-refractivity contribution is 7.91. The summed E-state index contributed by atoms with van der Waals surface area (Å²) in [6, 6.07) is 12.9. The standard InChI is InChI=1S/C19H23NO6S2/c1-12-17(21)19(23)18(22)15(26-12)11-20-28(24,25)16-10-9-14(27-16)8-7-13-5-3-2-4-6-13/h2-10,12,15,17-23H,11H2,1H3/b8-7-/t12-,15+,17+,18+,19+/m0/s1. The Labute approximate surface area is 168 Å². The summed E-state index contributed by atoms with van der Waals surface area (Å²) in [4.78, 5) is 0.783. The summed E-state index contributed by atoms with van der Waals surface area (Å²) < 4.78 is 33.0. The van der Waals surface area contributed by atoms with E-state index in [2.05, 4.69) is 4.72 Å². The Morgan fingerprint density at radius 2 is 1.75 bits per heavy atom. The van der Waals surface area contributed by atoms with Gasteiger partial charge in [0.1, 0.15) is 28.6 Å². The predicted molar refractivity (Wildman–Crippen MR) is 107 cm³/mol. The fourth-order valence-electron chi connectivity index (χ4n) is 2.88. The molecule has 2 heterocycles. The largest absolute Gasteiger partial charge is 0.388 e. The molecule has 1 saturated heterocycles. The molecule has 1 aromatic carbocycles. The number of sulfonamides is 1. The molecule has 4 N–H and O–H groups in total. The second-order valence-electron chi connectivity index (χ2n) is 6.60. The molecule has 9 heteroatoms. The maximum atomic E-state index is 12.5. The van der Waals surface area contributed by atoms with E-state index in [1.54, 1.807) is 13.0 Å². The number of aliphatic hydroxyl groups excluding tert-OH is 3.